The van der Waals surface area contributed by atoms with Crippen LogP contribution in [0.3, 0.4) is 0 Å². The van der Waals surface area contributed by atoms with Gasteiger partial charge in [0.25, 0.3) is 0 Å². The van der Waals surface area contributed by atoms with E-state index < -0.39 is 0 Å². The minimum absolute atomic E-state index is 0.101. The molecule has 4 nitrogen and oxygen atoms in total. The molecule has 0 atom stereocenters. The summed E-state index contributed by atoms with van der Waals surface area (Å²) in [6.45, 7) is 1.31. The van der Waals surface area contributed by atoms with Crippen LogP contribution in [0.2, 0.25) is 5.02 Å². The number of aliphatic hydroxyl groups is 1. The van der Waals surface area contributed by atoms with Gasteiger partial charge in [-0.2, -0.15) is 0 Å². The lowest BCUT2D eigenvalue weighted by atomic mass is 10.2. The molecule has 0 saturated heterocycles. The van der Waals surface area contributed by atoms with Gasteiger partial charge in [0.1, 0.15) is 0 Å². The van der Waals surface area contributed by atoms with E-state index in [1.807, 2.05) is 12.1 Å². The van der Waals surface area contributed by atoms with E-state index in [4.69, 9.17) is 26.2 Å². The van der Waals surface area contributed by atoms with Gasteiger partial charge < -0.3 is 19.9 Å². The van der Waals surface area contributed by atoms with Crippen molar-refractivity contribution in [1.82, 2.24) is 5.32 Å². The predicted molar refractivity (Wildman–Crippen MR) is 75.1 cm³/mol. The van der Waals surface area contributed by atoms with Crippen molar-refractivity contribution in [3.63, 3.8) is 0 Å². The van der Waals surface area contributed by atoms with Gasteiger partial charge in [-0.05, 0) is 30.5 Å². The first-order chi connectivity index (χ1) is 9.24. The number of halogens is 1. The lowest BCUT2D eigenvalue weighted by molar-refractivity contribution is 0.228. The average molecular weight is 286 g/mol. The van der Waals surface area contributed by atoms with E-state index in [0.717, 1.165) is 12.1 Å². The van der Waals surface area contributed by atoms with Crippen LogP contribution in [0.4, 0.5) is 0 Å². The SMILES string of the molecule is COc1cc(CNC2CC2)cc(Cl)c1OCCCO. The number of methoxy groups -OCH3 is 1. The van der Waals surface area contributed by atoms with Crippen LogP contribution in [0.5, 0.6) is 11.5 Å². The fourth-order valence-corrected chi connectivity index (χ4v) is 2.09. The Morgan fingerprint density at radius 2 is 2.21 bits per heavy atom. The predicted octanol–water partition coefficient (Wildman–Crippen LogP) is 2.36. The molecule has 0 heterocycles. The van der Waals surface area contributed by atoms with Crippen LogP contribution in [0, 0.1) is 0 Å². The van der Waals surface area contributed by atoms with Gasteiger partial charge in [-0.3, -0.25) is 0 Å². The van der Waals surface area contributed by atoms with Crippen molar-refractivity contribution in [2.45, 2.75) is 31.8 Å². The van der Waals surface area contributed by atoms with Crippen LogP contribution in [0.25, 0.3) is 0 Å². The molecule has 1 saturated carbocycles. The van der Waals surface area contributed by atoms with Crippen LogP contribution in [-0.4, -0.2) is 31.5 Å². The van der Waals surface area contributed by atoms with Crippen molar-refractivity contribution < 1.29 is 14.6 Å². The molecule has 5 heteroatoms. The molecular formula is C14H20ClNO3. The number of benzene rings is 1. The van der Waals surface area contributed by atoms with Crippen LogP contribution in [0.15, 0.2) is 12.1 Å². The minimum atomic E-state index is 0.101. The molecule has 0 amide bonds. The zero-order valence-corrected chi connectivity index (χ0v) is 11.9. The van der Waals surface area contributed by atoms with Gasteiger partial charge in [-0.15, -0.1) is 0 Å². The van der Waals surface area contributed by atoms with Crippen molar-refractivity contribution >= 4 is 11.6 Å². The van der Waals surface area contributed by atoms with Gasteiger partial charge in [0.05, 0.1) is 18.7 Å². The van der Waals surface area contributed by atoms with Gasteiger partial charge in [0.15, 0.2) is 11.5 Å². The van der Waals surface area contributed by atoms with E-state index in [-0.39, 0.29) is 6.61 Å². The summed E-state index contributed by atoms with van der Waals surface area (Å²) in [6.07, 6.45) is 3.09. The number of hydrogen-bond donors (Lipinski definition) is 2. The van der Waals surface area contributed by atoms with Gasteiger partial charge in [0, 0.05) is 25.6 Å². The Balaban J connectivity index is 2.04. The van der Waals surface area contributed by atoms with Crippen molar-refractivity contribution in [3.8, 4) is 11.5 Å². The lowest BCUT2D eigenvalue weighted by Crippen LogP contribution is -2.15. The largest absolute Gasteiger partial charge is 0.493 e. The minimum Gasteiger partial charge on any atom is -0.493 e. The van der Waals surface area contributed by atoms with E-state index in [1.165, 1.54) is 12.8 Å². The van der Waals surface area contributed by atoms with E-state index in [2.05, 4.69) is 5.32 Å². The molecule has 2 N–H and O–H groups in total. The molecular weight excluding hydrogens is 266 g/mol. The Hall–Kier alpha value is -0.970. The molecule has 0 unspecified atom stereocenters. The summed E-state index contributed by atoms with van der Waals surface area (Å²) in [5, 5.41) is 12.7. The molecule has 1 aromatic rings. The first-order valence-electron chi connectivity index (χ1n) is 6.58. The molecule has 0 aromatic heterocycles. The highest BCUT2D eigenvalue weighted by molar-refractivity contribution is 6.32. The van der Waals surface area contributed by atoms with Gasteiger partial charge in [-0.25, -0.2) is 0 Å². The topological polar surface area (TPSA) is 50.7 Å². The number of aliphatic hydroxyl groups excluding tert-OH is 1. The molecule has 0 spiro atoms. The number of nitrogens with one attached hydrogen (secondary N) is 1. The maximum atomic E-state index is 8.76. The molecule has 2 rings (SSSR count). The number of rotatable bonds is 8. The molecule has 106 valence electrons. The maximum absolute atomic E-state index is 8.76. The summed E-state index contributed by atoms with van der Waals surface area (Å²) in [7, 11) is 1.60. The first kappa shape index (κ1) is 14.4. The van der Waals surface area contributed by atoms with Crippen molar-refractivity contribution in [3.05, 3.63) is 22.7 Å². The van der Waals surface area contributed by atoms with Gasteiger partial charge in [-0.1, -0.05) is 11.6 Å². The quantitative estimate of drug-likeness (QED) is 0.720. The third kappa shape index (κ3) is 4.27. The van der Waals surface area contributed by atoms with Crippen molar-refractivity contribution in [2.24, 2.45) is 0 Å². The second-order valence-electron chi connectivity index (χ2n) is 4.69. The molecule has 0 radical (unpaired) electrons. The average Bonchev–Trinajstić information content (AvgIpc) is 3.22. The van der Waals surface area contributed by atoms with E-state index in [9.17, 15) is 0 Å². The molecule has 0 aliphatic heterocycles. The standard InChI is InChI=1S/C14H20ClNO3/c1-18-13-8-10(9-16-11-3-4-11)7-12(15)14(13)19-6-2-5-17/h7-8,11,16-17H,2-6,9H2,1H3. The Morgan fingerprint density at radius 3 is 2.84 bits per heavy atom. The second kappa shape index (κ2) is 6.98. The fourth-order valence-electron chi connectivity index (χ4n) is 1.80. The third-order valence-corrected chi connectivity index (χ3v) is 3.29. The Labute approximate surface area is 118 Å². The van der Waals surface area contributed by atoms with Crippen LogP contribution < -0.4 is 14.8 Å². The molecule has 0 bridgehead atoms. The number of hydrogen-bond acceptors (Lipinski definition) is 4. The van der Waals surface area contributed by atoms with Gasteiger partial charge in [0.2, 0.25) is 0 Å². The van der Waals surface area contributed by atoms with Crippen molar-refractivity contribution in [1.29, 1.82) is 0 Å². The summed E-state index contributed by atoms with van der Waals surface area (Å²) in [5.74, 6) is 1.19. The number of ether oxygens (including phenoxy) is 2. The fraction of sp³-hybridized carbons (Fsp3) is 0.571. The van der Waals surface area contributed by atoms with Crippen LogP contribution in [0.1, 0.15) is 24.8 Å². The maximum Gasteiger partial charge on any atom is 0.179 e. The summed E-state index contributed by atoms with van der Waals surface area (Å²) in [4.78, 5) is 0. The molecule has 1 aromatic carbocycles. The molecule has 1 aliphatic rings. The van der Waals surface area contributed by atoms with Gasteiger partial charge >= 0.3 is 0 Å². The van der Waals surface area contributed by atoms with E-state index >= 15 is 0 Å². The monoisotopic (exact) mass is 285 g/mol. The highest BCUT2D eigenvalue weighted by atomic mass is 35.5. The normalized spacial score (nSPS) is 14.5. The second-order valence-corrected chi connectivity index (χ2v) is 5.10. The molecule has 19 heavy (non-hydrogen) atoms. The molecule has 1 aliphatic carbocycles. The summed E-state index contributed by atoms with van der Waals surface area (Å²) < 4.78 is 10.9. The highest BCUT2D eigenvalue weighted by Crippen LogP contribution is 2.36. The van der Waals surface area contributed by atoms with Crippen molar-refractivity contribution in [2.75, 3.05) is 20.3 Å². The van der Waals surface area contributed by atoms with Crippen LogP contribution in [-0.2, 0) is 6.54 Å². The van der Waals surface area contributed by atoms with E-state index in [0.29, 0.717) is 35.6 Å². The van der Waals surface area contributed by atoms with Crippen LogP contribution >= 0.6 is 11.6 Å². The molecule has 1 fully saturated rings. The van der Waals surface area contributed by atoms with E-state index in [1.54, 1.807) is 7.11 Å². The first-order valence-corrected chi connectivity index (χ1v) is 6.96. The zero-order chi connectivity index (χ0) is 13.7. The zero-order valence-electron chi connectivity index (χ0n) is 11.1. The third-order valence-electron chi connectivity index (χ3n) is 3.01. The summed E-state index contributed by atoms with van der Waals surface area (Å²) in [6, 6.07) is 4.49. The Kier molecular flexibility index (Phi) is 5.31. The smallest absolute Gasteiger partial charge is 0.179 e. The summed E-state index contributed by atoms with van der Waals surface area (Å²) >= 11 is 6.23. The highest BCUT2D eigenvalue weighted by Gasteiger charge is 2.20. The summed E-state index contributed by atoms with van der Waals surface area (Å²) in [5.41, 5.74) is 1.09. The lowest BCUT2D eigenvalue weighted by Gasteiger charge is -2.14. The Morgan fingerprint density at radius 1 is 1.42 bits per heavy atom. The Bertz CT molecular complexity index is 421.